The molecule has 0 saturated carbocycles. The molecule has 0 N–H and O–H groups in total. The molecule has 3 aromatic heterocycles. The van der Waals surface area contributed by atoms with Crippen molar-refractivity contribution in [2.24, 2.45) is 7.05 Å². The Balaban J connectivity index is 2.28. The third kappa shape index (κ3) is 3.04. The number of ether oxygens (including phenoxy) is 1. The fourth-order valence-corrected chi connectivity index (χ4v) is 3.56. The molecule has 0 spiro atoms. The Kier molecular flexibility index (Phi) is 5.44. The number of aryl methyl sites for hydroxylation is 2. The second-order valence-corrected chi connectivity index (χ2v) is 6.99. The van der Waals surface area contributed by atoms with Gasteiger partial charge in [0.25, 0.3) is 5.56 Å². The lowest BCUT2D eigenvalue weighted by Crippen LogP contribution is -2.39. The summed E-state index contributed by atoms with van der Waals surface area (Å²) in [6.07, 6.45) is 2.72. The number of imidazole rings is 2. The summed E-state index contributed by atoms with van der Waals surface area (Å²) in [6.45, 7) is 8.24. The molecule has 28 heavy (non-hydrogen) atoms. The second-order valence-electron chi connectivity index (χ2n) is 6.99. The summed E-state index contributed by atoms with van der Waals surface area (Å²) in [7, 11) is 1.62. The standard InChI is InChI=1S/C19H27N5O4/c1-6-8-9-10-22-17(26)15-16(21(5)19(22)27)20-18-23(11-14(25)28-7-2)12(3)13(4)24(15)18/h6-11H2,1-5H3. The molecular formula is C19H27N5O4. The lowest BCUT2D eigenvalue weighted by molar-refractivity contribution is -0.143. The first kappa shape index (κ1) is 19.9. The van der Waals surface area contributed by atoms with E-state index in [4.69, 9.17) is 4.74 Å². The Morgan fingerprint density at radius 3 is 2.43 bits per heavy atom. The quantitative estimate of drug-likeness (QED) is 0.451. The average Bonchev–Trinajstić information content (AvgIpc) is 3.15. The molecule has 0 aromatic carbocycles. The van der Waals surface area contributed by atoms with Gasteiger partial charge in [-0.15, -0.1) is 0 Å². The van der Waals surface area contributed by atoms with Gasteiger partial charge in [0.2, 0.25) is 5.78 Å². The molecule has 9 heteroatoms. The van der Waals surface area contributed by atoms with Gasteiger partial charge >= 0.3 is 11.7 Å². The molecule has 0 unspecified atom stereocenters. The maximum atomic E-state index is 13.2. The van der Waals surface area contributed by atoms with Crippen LogP contribution in [0.3, 0.4) is 0 Å². The summed E-state index contributed by atoms with van der Waals surface area (Å²) < 4.78 is 11.2. The van der Waals surface area contributed by atoms with E-state index < -0.39 is 0 Å². The van der Waals surface area contributed by atoms with E-state index in [2.05, 4.69) is 11.9 Å². The van der Waals surface area contributed by atoms with Crippen molar-refractivity contribution in [2.45, 2.75) is 60.0 Å². The van der Waals surface area contributed by atoms with Crippen LogP contribution in [-0.4, -0.2) is 35.7 Å². The zero-order valence-electron chi connectivity index (χ0n) is 17.1. The van der Waals surface area contributed by atoms with Crippen molar-refractivity contribution in [3.63, 3.8) is 0 Å². The monoisotopic (exact) mass is 389 g/mol. The van der Waals surface area contributed by atoms with Crippen LogP contribution in [0.2, 0.25) is 0 Å². The van der Waals surface area contributed by atoms with Gasteiger partial charge in [-0.2, -0.15) is 4.98 Å². The van der Waals surface area contributed by atoms with Gasteiger partial charge in [-0.3, -0.25) is 23.1 Å². The van der Waals surface area contributed by atoms with Crippen LogP contribution in [0, 0.1) is 13.8 Å². The third-order valence-corrected chi connectivity index (χ3v) is 5.21. The third-order valence-electron chi connectivity index (χ3n) is 5.21. The fourth-order valence-electron chi connectivity index (χ4n) is 3.56. The van der Waals surface area contributed by atoms with Crippen molar-refractivity contribution in [1.29, 1.82) is 0 Å². The molecule has 0 aliphatic rings. The highest BCUT2D eigenvalue weighted by molar-refractivity contribution is 5.77. The predicted octanol–water partition coefficient (Wildman–Crippen LogP) is 1.52. The number of aromatic nitrogens is 5. The molecular weight excluding hydrogens is 362 g/mol. The maximum Gasteiger partial charge on any atom is 0.332 e. The van der Waals surface area contributed by atoms with E-state index in [-0.39, 0.29) is 23.8 Å². The number of hydrogen-bond acceptors (Lipinski definition) is 5. The molecule has 0 bridgehead atoms. The number of carbonyl (C=O) groups is 1. The zero-order valence-corrected chi connectivity index (χ0v) is 17.1. The second kappa shape index (κ2) is 7.65. The van der Waals surface area contributed by atoms with Crippen LogP contribution in [0.5, 0.6) is 0 Å². The minimum atomic E-state index is -0.374. The van der Waals surface area contributed by atoms with Crippen molar-refractivity contribution in [3.8, 4) is 0 Å². The molecule has 0 amide bonds. The van der Waals surface area contributed by atoms with Gasteiger partial charge in [0, 0.05) is 25.0 Å². The molecule has 0 atom stereocenters. The molecule has 0 aliphatic carbocycles. The van der Waals surface area contributed by atoms with Gasteiger partial charge in [-0.05, 0) is 27.2 Å². The summed E-state index contributed by atoms with van der Waals surface area (Å²) in [5.41, 5.74) is 1.58. The first-order chi connectivity index (χ1) is 13.3. The van der Waals surface area contributed by atoms with Crippen LogP contribution in [0.25, 0.3) is 16.9 Å². The lowest BCUT2D eigenvalue weighted by atomic mass is 10.2. The van der Waals surface area contributed by atoms with Crippen LogP contribution >= 0.6 is 0 Å². The average molecular weight is 389 g/mol. The first-order valence-corrected chi connectivity index (χ1v) is 9.66. The van der Waals surface area contributed by atoms with Crippen LogP contribution < -0.4 is 11.2 Å². The molecule has 3 heterocycles. The van der Waals surface area contributed by atoms with Crippen LogP contribution in [0.1, 0.15) is 44.5 Å². The molecule has 3 rings (SSSR count). The number of hydrogen-bond donors (Lipinski definition) is 0. The highest BCUT2D eigenvalue weighted by Crippen LogP contribution is 2.20. The van der Waals surface area contributed by atoms with Crippen molar-refractivity contribution in [3.05, 3.63) is 32.2 Å². The highest BCUT2D eigenvalue weighted by Gasteiger charge is 2.23. The summed E-state index contributed by atoms with van der Waals surface area (Å²) >= 11 is 0. The smallest absolute Gasteiger partial charge is 0.332 e. The van der Waals surface area contributed by atoms with E-state index in [0.29, 0.717) is 30.1 Å². The fraction of sp³-hybridized carbons (Fsp3) is 0.579. The van der Waals surface area contributed by atoms with Gasteiger partial charge < -0.3 is 9.30 Å². The van der Waals surface area contributed by atoms with Gasteiger partial charge in [0.1, 0.15) is 6.54 Å². The summed E-state index contributed by atoms with van der Waals surface area (Å²) in [5, 5.41) is 0. The minimum Gasteiger partial charge on any atom is -0.465 e. The van der Waals surface area contributed by atoms with E-state index in [9.17, 15) is 14.4 Å². The Bertz CT molecular complexity index is 1160. The minimum absolute atomic E-state index is 0.00102. The molecule has 0 fully saturated rings. The maximum absolute atomic E-state index is 13.2. The topological polar surface area (TPSA) is 92.5 Å². The van der Waals surface area contributed by atoms with Gasteiger partial charge in [0.15, 0.2) is 11.2 Å². The molecule has 3 aromatic rings. The van der Waals surface area contributed by atoms with Gasteiger partial charge in [-0.25, -0.2) is 4.79 Å². The van der Waals surface area contributed by atoms with E-state index >= 15 is 0 Å². The van der Waals surface area contributed by atoms with Crippen molar-refractivity contribution >= 4 is 22.9 Å². The number of unbranched alkanes of at least 4 members (excludes halogenated alkanes) is 2. The molecule has 0 aliphatic heterocycles. The Labute approximate surface area is 162 Å². The molecule has 152 valence electrons. The van der Waals surface area contributed by atoms with E-state index in [0.717, 1.165) is 30.7 Å². The number of carbonyl (C=O) groups excluding carboxylic acids is 1. The van der Waals surface area contributed by atoms with Crippen molar-refractivity contribution in [2.75, 3.05) is 6.61 Å². The van der Waals surface area contributed by atoms with Crippen LogP contribution in [0.15, 0.2) is 9.59 Å². The number of nitrogens with zero attached hydrogens (tertiary/aromatic N) is 5. The number of esters is 1. The first-order valence-electron chi connectivity index (χ1n) is 9.66. The Morgan fingerprint density at radius 2 is 1.79 bits per heavy atom. The van der Waals surface area contributed by atoms with E-state index in [1.807, 2.05) is 13.8 Å². The highest BCUT2D eigenvalue weighted by atomic mass is 16.5. The summed E-state index contributed by atoms with van der Waals surface area (Å²) in [4.78, 5) is 42.4. The Hall–Kier alpha value is -2.84. The Morgan fingerprint density at radius 1 is 1.07 bits per heavy atom. The molecule has 9 nitrogen and oxygen atoms in total. The molecule has 0 saturated heterocycles. The van der Waals surface area contributed by atoms with Crippen molar-refractivity contribution in [1.82, 2.24) is 23.1 Å². The SMILES string of the molecule is CCCCCn1c(=O)c2c(nc3n(CC(=O)OCC)c(C)c(C)n23)n(C)c1=O. The number of rotatable bonds is 7. The van der Waals surface area contributed by atoms with E-state index in [1.165, 1.54) is 9.13 Å². The summed E-state index contributed by atoms with van der Waals surface area (Å²) in [5.74, 6) is 0.0810. The normalized spacial score (nSPS) is 11.6. The van der Waals surface area contributed by atoms with Gasteiger partial charge in [0.05, 0.1) is 6.61 Å². The predicted molar refractivity (Wildman–Crippen MR) is 106 cm³/mol. The van der Waals surface area contributed by atoms with Crippen molar-refractivity contribution < 1.29 is 9.53 Å². The van der Waals surface area contributed by atoms with E-state index in [1.54, 1.807) is 22.9 Å². The summed E-state index contributed by atoms with van der Waals surface area (Å²) in [6, 6.07) is 0. The van der Waals surface area contributed by atoms with Crippen LogP contribution in [0.4, 0.5) is 0 Å². The van der Waals surface area contributed by atoms with Crippen LogP contribution in [-0.2, 0) is 29.7 Å². The largest absolute Gasteiger partial charge is 0.465 e. The lowest BCUT2D eigenvalue weighted by Gasteiger charge is -2.08. The number of fused-ring (bicyclic) bond motifs is 3. The van der Waals surface area contributed by atoms with Gasteiger partial charge in [-0.1, -0.05) is 19.8 Å². The zero-order chi connectivity index (χ0) is 20.6. The molecule has 0 radical (unpaired) electrons.